The van der Waals surface area contributed by atoms with Gasteiger partial charge in [-0.05, 0) is 37.8 Å². The van der Waals surface area contributed by atoms with Gasteiger partial charge in [-0.3, -0.25) is 4.90 Å². The Labute approximate surface area is 131 Å². The van der Waals surface area contributed by atoms with Crippen LogP contribution in [-0.2, 0) is 0 Å². The van der Waals surface area contributed by atoms with Crippen LogP contribution in [0, 0.1) is 0 Å². The van der Waals surface area contributed by atoms with Crippen molar-refractivity contribution in [2.45, 2.75) is 30.7 Å². The van der Waals surface area contributed by atoms with Gasteiger partial charge >= 0.3 is 0 Å². The number of rotatable bonds is 8. The van der Waals surface area contributed by atoms with Gasteiger partial charge in [0.1, 0.15) is 4.99 Å². The van der Waals surface area contributed by atoms with Crippen molar-refractivity contribution in [1.82, 2.24) is 4.90 Å². The van der Waals surface area contributed by atoms with Crippen molar-refractivity contribution in [3.63, 3.8) is 0 Å². The number of nitrogens with zero attached hydrogens (tertiary/aromatic N) is 1. The molecule has 0 saturated heterocycles. The number of benzene rings is 1. The summed E-state index contributed by atoms with van der Waals surface area (Å²) < 4.78 is 0. The van der Waals surface area contributed by atoms with Crippen molar-refractivity contribution in [2.75, 3.05) is 31.2 Å². The number of likely N-dealkylation sites (N-methyl/N-ethyl adjacent to an activating group) is 1. The highest BCUT2D eigenvalue weighted by molar-refractivity contribution is 7.98. The molecule has 0 aliphatic heterocycles. The number of hydrogen-bond donors (Lipinski definition) is 2. The van der Waals surface area contributed by atoms with Gasteiger partial charge in [-0.15, -0.1) is 11.8 Å². The van der Waals surface area contributed by atoms with Gasteiger partial charge in [-0.25, -0.2) is 0 Å². The van der Waals surface area contributed by atoms with E-state index in [2.05, 4.69) is 35.3 Å². The Morgan fingerprint density at radius 1 is 1.50 bits per heavy atom. The quantitative estimate of drug-likeness (QED) is 0.571. The zero-order chi connectivity index (χ0) is 14.5. The molecule has 1 aliphatic carbocycles. The molecule has 0 atom stereocenters. The third-order valence-corrected chi connectivity index (χ3v) is 4.66. The summed E-state index contributed by atoms with van der Waals surface area (Å²) in [5.41, 5.74) is 7.90. The molecule has 1 aromatic rings. The Morgan fingerprint density at radius 3 is 2.80 bits per heavy atom. The first-order chi connectivity index (χ1) is 9.67. The standard InChI is InChI=1S/C15H23N3S2/c1-3-18(11-7-8-11)10-9-17-12-5-4-6-13(20-2)14(12)15(16)19/h4-6,11,17H,3,7-10H2,1-2H3,(H2,16,19). The van der Waals surface area contributed by atoms with E-state index in [1.54, 1.807) is 11.8 Å². The molecule has 20 heavy (non-hydrogen) atoms. The van der Waals surface area contributed by atoms with Crippen molar-refractivity contribution in [3.05, 3.63) is 23.8 Å². The second-order valence-corrected chi connectivity index (χ2v) is 6.32. The fraction of sp³-hybridized carbons (Fsp3) is 0.533. The summed E-state index contributed by atoms with van der Waals surface area (Å²) >= 11 is 6.87. The molecular weight excluding hydrogens is 286 g/mol. The summed E-state index contributed by atoms with van der Waals surface area (Å²) in [6.45, 7) is 5.35. The Morgan fingerprint density at radius 2 is 2.25 bits per heavy atom. The van der Waals surface area contributed by atoms with Crippen LogP contribution in [0.2, 0.25) is 0 Å². The number of nitrogens with one attached hydrogen (secondary N) is 1. The average molecular weight is 310 g/mol. The molecule has 110 valence electrons. The van der Waals surface area contributed by atoms with Crippen LogP contribution in [0.15, 0.2) is 23.1 Å². The monoisotopic (exact) mass is 309 g/mol. The first-order valence-electron chi connectivity index (χ1n) is 7.12. The molecule has 0 bridgehead atoms. The van der Waals surface area contributed by atoms with E-state index < -0.39 is 0 Å². The Hall–Kier alpha value is -0.780. The molecule has 1 aromatic carbocycles. The van der Waals surface area contributed by atoms with Crippen LogP contribution in [0.1, 0.15) is 25.3 Å². The molecular formula is C15H23N3S2. The lowest BCUT2D eigenvalue weighted by atomic mass is 10.1. The van der Waals surface area contributed by atoms with Crippen LogP contribution in [0.25, 0.3) is 0 Å². The van der Waals surface area contributed by atoms with Crippen LogP contribution in [-0.4, -0.2) is 41.8 Å². The van der Waals surface area contributed by atoms with Crippen LogP contribution in [0.3, 0.4) is 0 Å². The minimum absolute atomic E-state index is 0.465. The lowest BCUT2D eigenvalue weighted by molar-refractivity contribution is 0.289. The zero-order valence-corrected chi connectivity index (χ0v) is 13.8. The van der Waals surface area contributed by atoms with Crippen LogP contribution in [0.4, 0.5) is 5.69 Å². The summed E-state index contributed by atoms with van der Waals surface area (Å²) in [6.07, 6.45) is 4.76. The van der Waals surface area contributed by atoms with E-state index in [1.807, 2.05) is 6.26 Å². The highest BCUT2D eigenvalue weighted by Gasteiger charge is 2.27. The lowest BCUT2D eigenvalue weighted by Crippen LogP contribution is -2.31. The normalized spacial score (nSPS) is 14.6. The minimum Gasteiger partial charge on any atom is -0.389 e. The van der Waals surface area contributed by atoms with Gasteiger partial charge in [-0.2, -0.15) is 0 Å². The summed E-state index contributed by atoms with van der Waals surface area (Å²) in [6, 6.07) is 6.98. The molecule has 0 aromatic heterocycles. The molecule has 1 saturated carbocycles. The number of thiocarbonyl (C=S) groups is 1. The predicted octanol–water partition coefficient (Wildman–Crippen LogP) is 2.94. The van der Waals surface area contributed by atoms with Gasteiger partial charge in [-0.1, -0.05) is 25.2 Å². The SMILES string of the molecule is CCN(CCNc1cccc(SC)c1C(N)=S)C1CC1. The average Bonchev–Trinajstić information content (AvgIpc) is 3.27. The molecule has 3 nitrogen and oxygen atoms in total. The highest BCUT2D eigenvalue weighted by Crippen LogP contribution is 2.28. The molecule has 2 rings (SSSR count). The van der Waals surface area contributed by atoms with Gasteiger partial charge < -0.3 is 11.1 Å². The largest absolute Gasteiger partial charge is 0.389 e. The van der Waals surface area contributed by atoms with E-state index in [0.29, 0.717) is 4.99 Å². The first kappa shape index (κ1) is 15.6. The van der Waals surface area contributed by atoms with E-state index in [4.69, 9.17) is 18.0 Å². The Balaban J connectivity index is 1.99. The van der Waals surface area contributed by atoms with Crippen molar-refractivity contribution in [1.29, 1.82) is 0 Å². The number of anilines is 1. The van der Waals surface area contributed by atoms with Crippen molar-refractivity contribution in [3.8, 4) is 0 Å². The maximum Gasteiger partial charge on any atom is 0.107 e. The fourth-order valence-electron chi connectivity index (χ4n) is 2.48. The van der Waals surface area contributed by atoms with Crippen molar-refractivity contribution >= 4 is 34.7 Å². The third kappa shape index (κ3) is 3.87. The lowest BCUT2D eigenvalue weighted by Gasteiger charge is -2.21. The van der Waals surface area contributed by atoms with Gasteiger partial charge in [0.2, 0.25) is 0 Å². The molecule has 5 heteroatoms. The Bertz CT molecular complexity index is 472. The molecule has 0 spiro atoms. The van der Waals surface area contributed by atoms with Gasteiger partial charge in [0.15, 0.2) is 0 Å². The second kappa shape index (κ2) is 7.29. The topological polar surface area (TPSA) is 41.3 Å². The summed E-state index contributed by atoms with van der Waals surface area (Å²) in [5, 5.41) is 3.49. The molecule has 0 radical (unpaired) electrons. The first-order valence-corrected chi connectivity index (χ1v) is 8.75. The van der Waals surface area contributed by atoms with Crippen LogP contribution in [0.5, 0.6) is 0 Å². The predicted molar refractivity (Wildman–Crippen MR) is 92.9 cm³/mol. The van der Waals surface area contributed by atoms with Crippen molar-refractivity contribution < 1.29 is 0 Å². The number of hydrogen-bond acceptors (Lipinski definition) is 4. The van der Waals surface area contributed by atoms with E-state index in [1.165, 1.54) is 12.8 Å². The van der Waals surface area contributed by atoms with Gasteiger partial charge in [0, 0.05) is 35.3 Å². The number of thioether (sulfide) groups is 1. The van der Waals surface area contributed by atoms with E-state index in [0.717, 1.165) is 41.8 Å². The highest BCUT2D eigenvalue weighted by atomic mass is 32.2. The molecule has 1 fully saturated rings. The molecule has 0 heterocycles. The van der Waals surface area contributed by atoms with Crippen LogP contribution >= 0.6 is 24.0 Å². The molecule has 3 N–H and O–H groups in total. The molecule has 0 amide bonds. The van der Waals surface area contributed by atoms with E-state index in [-0.39, 0.29) is 0 Å². The Kier molecular flexibility index (Phi) is 5.69. The third-order valence-electron chi connectivity index (χ3n) is 3.68. The minimum atomic E-state index is 0.465. The molecule has 0 unspecified atom stereocenters. The summed E-state index contributed by atoms with van der Waals surface area (Å²) in [7, 11) is 0. The van der Waals surface area contributed by atoms with Crippen LogP contribution < -0.4 is 11.1 Å². The zero-order valence-electron chi connectivity index (χ0n) is 12.2. The smallest absolute Gasteiger partial charge is 0.107 e. The maximum absolute atomic E-state index is 5.87. The van der Waals surface area contributed by atoms with Gasteiger partial charge in [0.25, 0.3) is 0 Å². The van der Waals surface area contributed by atoms with E-state index in [9.17, 15) is 0 Å². The second-order valence-electron chi connectivity index (χ2n) is 5.03. The van der Waals surface area contributed by atoms with Crippen molar-refractivity contribution in [2.24, 2.45) is 5.73 Å². The maximum atomic E-state index is 5.87. The number of nitrogens with two attached hydrogens (primary N) is 1. The summed E-state index contributed by atoms with van der Waals surface area (Å²) in [5.74, 6) is 0. The summed E-state index contributed by atoms with van der Waals surface area (Å²) in [4.78, 5) is 4.13. The fourth-order valence-corrected chi connectivity index (χ4v) is 3.40. The van der Waals surface area contributed by atoms with E-state index >= 15 is 0 Å². The molecule has 1 aliphatic rings. The van der Waals surface area contributed by atoms with Gasteiger partial charge in [0.05, 0.1) is 0 Å².